The van der Waals surface area contributed by atoms with Crippen LogP contribution in [0.15, 0.2) is 0 Å². The molecule has 0 aromatic heterocycles. The molecule has 0 radical (unpaired) electrons. The minimum atomic E-state index is -0.336. The van der Waals surface area contributed by atoms with E-state index in [-0.39, 0.29) is 30.2 Å². The van der Waals surface area contributed by atoms with E-state index in [2.05, 4.69) is 5.32 Å². The minimum Gasteiger partial charge on any atom is -0.462 e. The lowest BCUT2D eigenvalue weighted by Crippen LogP contribution is -2.36. The molecule has 3 fully saturated rings. The third-order valence-corrected chi connectivity index (χ3v) is 5.66. The van der Waals surface area contributed by atoms with Crippen molar-refractivity contribution in [3.05, 3.63) is 0 Å². The van der Waals surface area contributed by atoms with Crippen LogP contribution in [0, 0.1) is 17.8 Å². The van der Waals surface area contributed by atoms with Crippen LogP contribution in [0.4, 0.5) is 4.79 Å². The minimum absolute atomic E-state index is 0.0271. The number of amides is 1. The molecule has 0 spiro atoms. The van der Waals surface area contributed by atoms with E-state index in [0.717, 1.165) is 44.9 Å². The lowest BCUT2D eigenvalue weighted by atomic mass is 9.68. The van der Waals surface area contributed by atoms with Crippen molar-refractivity contribution in [2.45, 2.75) is 70.0 Å². The summed E-state index contributed by atoms with van der Waals surface area (Å²) in [6.07, 6.45) is 9.30. The molecule has 0 saturated heterocycles. The van der Waals surface area contributed by atoms with E-state index in [4.69, 9.17) is 9.47 Å². The molecule has 0 heterocycles. The van der Waals surface area contributed by atoms with Crippen molar-refractivity contribution in [3.8, 4) is 0 Å². The van der Waals surface area contributed by atoms with E-state index < -0.39 is 0 Å². The van der Waals surface area contributed by atoms with Gasteiger partial charge in [-0.25, -0.2) is 4.79 Å². The molecule has 3 aliphatic carbocycles. The van der Waals surface area contributed by atoms with Crippen LogP contribution in [0.1, 0.15) is 57.8 Å². The number of carbonyl (C=O) groups excluding carboxylic acids is 2. The van der Waals surface area contributed by atoms with Gasteiger partial charge in [0.15, 0.2) is 0 Å². The van der Waals surface area contributed by atoms with Gasteiger partial charge >= 0.3 is 12.1 Å². The van der Waals surface area contributed by atoms with Crippen molar-refractivity contribution in [2.75, 3.05) is 7.05 Å². The second kappa shape index (κ2) is 6.88. The Morgan fingerprint density at radius 3 is 2.27 bits per heavy atom. The normalized spacial score (nSPS) is 35.0. The lowest BCUT2D eigenvalue weighted by Gasteiger charge is -2.38. The molecule has 5 nitrogen and oxygen atoms in total. The third-order valence-electron chi connectivity index (χ3n) is 5.66. The highest BCUT2D eigenvalue weighted by molar-refractivity contribution is 5.73. The fourth-order valence-electron chi connectivity index (χ4n) is 4.22. The fraction of sp³-hybridized carbons (Fsp3) is 0.882. The van der Waals surface area contributed by atoms with Gasteiger partial charge in [-0.3, -0.25) is 4.79 Å². The van der Waals surface area contributed by atoms with E-state index in [1.807, 2.05) is 0 Å². The van der Waals surface area contributed by atoms with Gasteiger partial charge in [0.25, 0.3) is 0 Å². The van der Waals surface area contributed by atoms with Gasteiger partial charge in [-0.15, -0.1) is 0 Å². The highest BCUT2D eigenvalue weighted by atomic mass is 16.6. The number of nitrogens with one attached hydrogen (secondary N) is 1. The van der Waals surface area contributed by atoms with Crippen molar-refractivity contribution < 1.29 is 19.1 Å². The van der Waals surface area contributed by atoms with Crippen LogP contribution in [0.2, 0.25) is 0 Å². The molecule has 3 saturated carbocycles. The van der Waals surface area contributed by atoms with Crippen molar-refractivity contribution in [1.82, 2.24) is 5.32 Å². The van der Waals surface area contributed by atoms with Crippen molar-refractivity contribution in [3.63, 3.8) is 0 Å². The summed E-state index contributed by atoms with van der Waals surface area (Å²) in [6, 6.07) is 0. The molecule has 2 atom stereocenters. The molecular formula is C17H27NO4. The summed E-state index contributed by atoms with van der Waals surface area (Å²) >= 11 is 0. The highest BCUT2D eigenvalue weighted by Crippen LogP contribution is 2.46. The summed E-state index contributed by atoms with van der Waals surface area (Å²) in [5.41, 5.74) is 0. The lowest BCUT2D eigenvalue weighted by molar-refractivity contribution is -0.159. The summed E-state index contributed by atoms with van der Waals surface area (Å²) in [6.45, 7) is 0. The summed E-state index contributed by atoms with van der Waals surface area (Å²) in [5.74, 6) is 1.36. The maximum Gasteiger partial charge on any atom is 0.407 e. The first-order valence-electron chi connectivity index (χ1n) is 8.74. The van der Waals surface area contributed by atoms with Crippen molar-refractivity contribution >= 4 is 12.1 Å². The SMILES string of the molecule is CNC(=O)O[C@H]1CCC(C2CC(C(=O)OC3CCCC3)C2)C1. The first-order chi connectivity index (χ1) is 10.7. The number of hydrogen-bond acceptors (Lipinski definition) is 4. The molecule has 0 bridgehead atoms. The summed E-state index contributed by atoms with van der Waals surface area (Å²) in [5, 5.41) is 2.50. The van der Waals surface area contributed by atoms with Gasteiger partial charge in [-0.2, -0.15) is 0 Å². The second-order valence-electron chi connectivity index (χ2n) is 7.12. The molecule has 22 heavy (non-hydrogen) atoms. The largest absolute Gasteiger partial charge is 0.462 e. The van der Waals surface area contributed by atoms with Gasteiger partial charge in [0.05, 0.1) is 5.92 Å². The quantitative estimate of drug-likeness (QED) is 0.811. The van der Waals surface area contributed by atoms with Crippen LogP contribution in [0.5, 0.6) is 0 Å². The first kappa shape index (κ1) is 15.6. The number of hydrogen-bond donors (Lipinski definition) is 1. The molecule has 5 heteroatoms. The topological polar surface area (TPSA) is 64.6 Å². The second-order valence-corrected chi connectivity index (χ2v) is 7.12. The average molecular weight is 309 g/mol. The standard InChI is InChI=1S/C17H27NO4/c1-18-17(20)22-15-7-6-11(10-15)12-8-13(9-12)16(19)21-14-4-2-3-5-14/h11-15H,2-10H2,1H3,(H,18,20)/t11?,12?,13?,15-/m0/s1. The molecule has 1 unspecified atom stereocenters. The van der Waals surface area contributed by atoms with Gasteiger partial charge < -0.3 is 14.8 Å². The Labute approximate surface area is 132 Å². The Kier molecular flexibility index (Phi) is 4.89. The zero-order valence-corrected chi connectivity index (χ0v) is 13.4. The monoisotopic (exact) mass is 309 g/mol. The van der Waals surface area contributed by atoms with E-state index in [1.54, 1.807) is 7.05 Å². The van der Waals surface area contributed by atoms with E-state index in [1.165, 1.54) is 12.8 Å². The van der Waals surface area contributed by atoms with Gasteiger partial charge in [0.1, 0.15) is 12.2 Å². The Hall–Kier alpha value is -1.26. The van der Waals surface area contributed by atoms with E-state index >= 15 is 0 Å². The zero-order valence-electron chi connectivity index (χ0n) is 13.4. The van der Waals surface area contributed by atoms with Crippen LogP contribution in [-0.4, -0.2) is 31.3 Å². The number of alkyl carbamates (subject to hydrolysis) is 1. The first-order valence-corrected chi connectivity index (χ1v) is 8.74. The van der Waals surface area contributed by atoms with Crippen LogP contribution >= 0.6 is 0 Å². The van der Waals surface area contributed by atoms with Crippen LogP contribution in [0.25, 0.3) is 0 Å². The molecule has 1 amide bonds. The van der Waals surface area contributed by atoms with E-state index in [9.17, 15) is 9.59 Å². The fourth-order valence-corrected chi connectivity index (χ4v) is 4.22. The highest BCUT2D eigenvalue weighted by Gasteiger charge is 2.43. The Balaban J connectivity index is 1.36. The molecule has 0 aromatic carbocycles. The smallest absolute Gasteiger partial charge is 0.407 e. The summed E-state index contributed by atoms with van der Waals surface area (Å²) in [7, 11) is 1.58. The van der Waals surface area contributed by atoms with Crippen molar-refractivity contribution in [1.29, 1.82) is 0 Å². The molecule has 1 N–H and O–H groups in total. The average Bonchev–Trinajstić information content (AvgIpc) is 3.09. The van der Waals surface area contributed by atoms with Gasteiger partial charge in [0.2, 0.25) is 0 Å². The predicted molar refractivity (Wildman–Crippen MR) is 81.2 cm³/mol. The number of rotatable bonds is 4. The predicted octanol–water partition coefficient (Wildman–Crippen LogP) is 3.02. The number of ether oxygens (including phenoxy) is 2. The van der Waals surface area contributed by atoms with Crippen LogP contribution in [-0.2, 0) is 14.3 Å². The number of esters is 1. The zero-order chi connectivity index (χ0) is 15.5. The summed E-state index contributed by atoms with van der Waals surface area (Å²) in [4.78, 5) is 23.3. The Morgan fingerprint density at radius 1 is 0.864 bits per heavy atom. The van der Waals surface area contributed by atoms with Gasteiger partial charge in [-0.05, 0) is 69.6 Å². The molecular weight excluding hydrogens is 282 g/mol. The molecule has 0 aliphatic heterocycles. The van der Waals surface area contributed by atoms with Gasteiger partial charge in [0, 0.05) is 7.05 Å². The van der Waals surface area contributed by atoms with E-state index in [0.29, 0.717) is 11.8 Å². The maximum atomic E-state index is 12.1. The van der Waals surface area contributed by atoms with Crippen LogP contribution < -0.4 is 5.32 Å². The Bertz CT molecular complexity index is 413. The molecule has 124 valence electrons. The molecule has 3 rings (SSSR count). The van der Waals surface area contributed by atoms with Crippen molar-refractivity contribution in [2.24, 2.45) is 17.8 Å². The number of carbonyl (C=O) groups is 2. The third kappa shape index (κ3) is 3.55. The molecule has 3 aliphatic rings. The Morgan fingerprint density at radius 2 is 1.59 bits per heavy atom. The van der Waals surface area contributed by atoms with Crippen LogP contribution in [0.3, 0.4) is 0 Å². The maximum absolute atomic E-state index is 12.1. The summed E-state index contributed by atoms with van der Waals surface area (Å²) < 4.78 is 10.9. The van der Waals surface area contributed by atoms with Gasteiger partial charge in [-0.1, -0.05) is 0 Å². The molecule has 0 aromatic rings.